The van der Waals surface area contributed by atoms with E-state index in [1.807, 2.05) is 6.92 Å². The number of thiazole rings is 1. The summed E-state index contributed by atoms with van der Waals surface area (Å²) >= 11 is 1.37. The van der Waals surface area contributed by atoms with Gasteiger partial charge in [0, 0.05) is 10.4 Å². The van der Waals surface area contributed by atoms with Crippen LogP contribution in [0.5, 0.6) is 0 Å². The van der Waals surface area contributed by atoms with Gasteiger partial charge in [0.1, 0.15) is 5.01 Å². The molecule has 1 unspecified atom stereocenters. The maximum Gasteiger partial charge on any atom is 0.195 e. The van der Waals surface area contributed by atoms with Gasteiger partial charge < -0.3 is 5.32 Å². The first-order valence-corrected chi connectivity index (χ1v) is 7.80. The molecule has 21 heavy (non-hydrogen) atoms. The van der Waals surface area contributed by atoms with Crippen molar-refractivity contribution in [2.45, 2.75) is 32.2 Å². The van der Waals surface area contributed by atoms with Gasteiger partial charge in [-0.2, -0.15) is 0 Å². The van der Waals surface area contributed by atoms with E-state index in [1.165, 1.54) is 17.4 Å². The maximum atomic E-state index is 13.9. The van der Waals surface area contributed by atoms with Gasteiger partial charge in [-0.15, -0.1) is 11.3 Å². The number of hydrogen-bond donors (Lipinski definition) is 1. The number of nitrogens with zero attached hydrogens (tertiary/aromatic N) is 1. The number of aromatic nitrogens is 1. The molecule has 1 atom stereocenters. The first-order chi connectivity index (χ1) is 10.1. The number of hydrogen-bond acceptors (Lipinski definition) is 3. The zero-order valence-corrected chi connectivity index (χ0v) is 12.4. The fraction of sp³-hybridized carbons (Fsp3) is 0.400. The average Bonchev–Trinajstić information content (AvgIpc) is 2.90. The van der Waals surface area contributed by atoms with Crippen molar-refractivity contribution < 1.29 is 13.2 Å². The van der Waals surface area contributed by atoms with E-state index in [1.54, 1.807) is 0 Å². The van der Waals surface area contributed by atoms with Crippen LogP contribution in [0.4, 0.5) is 13.2 Å². The molecule has 0 radical (unpaired) electrons. The van der Waals surface area contributed by atoms with Crippen molar-refractivity contribution >= 4 is 11.3 Å². The van der Waals surface area contributed by atoms with Crippen LogP contribution in [0.3, 0.4) is 0 Å². The molecule has 2 aromatic rings. The summed E-state index contributed by atoms with van der Waals surface area (Å²) in [6.45, 7) is 2.85. The second kappa shape index (κ2) is 5.77. The molecule has 0 saturated heterocycles. The standard InChI is InChI=1S/C15H15F3N2S/c1-2-19-10-4-3-5-11-14(10)20-15(21-11)8-6-7-9(16)13(18)12(8)17/h6-7,10,19H,2-5H2,1H3. The summed E-state index contributed by atoms with van der Waals surface area (Å²) in [5.74, 6) is -3.78. The van der Waals surface area contributed by atoms with Crippen LogP contribution in [0, 0.1) is 17.5 Å². The predicted octanol–water partition coefficient (Wildman–Crippen LogP) is 4.21. The Bertz CT molecular complexity index is 669. The van der Waals surface area contributed by atoms with Crippen LogP contribution < -0.4 is 5.32 Å². The Morgan fingerprint density at radius 2 is 2.10 bits per heavy atom. The highest BCUT2D eigenvalue weighted by Crippen LogP contribution is 2.38. The minimum atomic E-state index is -1.44. The van der Waals surface area contributed by atoms with Crippen LogP contribution in [0.25, 0.3) is 10.6 Å². The minimum Gasteiger partial charge on any atom is -0.309 e. The number of rotatable bonds is 3. The summed E-state index contributed by atoms with van der Waals surface area (Å²) in [4.78, 5) is 5.58. The van der Waals surface area contributed by atoms with Crippen molar-refractivity contribution in [3.63, 3.8) is 0 Å². The Labute approximate surface area is 125 Å². The van der Waals surface area contributed by atoms with Gasteiger partial charge in [0.15, 0.2) is 17.5 Å². The largest absolute Gasteiger partial charge is 0.309 e. The summed E-state index contributed by atoms with van der Waals surface area (Å²) in [5.41, 5.74) is 0.954. The molecule has 1 heterocycles. The van der Waals surface area contributed by atoms with Crippen LogP contribution in [-0.2, 0) is 6.42 Å². The zero-order chi connectivity index (χ0) is 15.0. The molecule has 1 aromatic carbocycles. The Balaban J connectivity index is 2.03. The third-order valence-electron chi connectivity index (χ3n) is 3.67. The fourth-order valence-electron chi connectivity index (χ4n) is 2.67. The Morgan fingerprint density at radius 3 is 2.86 bits per heavy atom. The number of aryl methyl sites for hydroxylation is 1. The maximum absolute atomic E-state index is 13.9. The highest BCUT2D eigenvalue weighted by Gasteiger charge is 2.26. The van der Waals surface area contributed by atoms with E-state index in [-0.39, 0.29) is 11.6 Å². The van der Waals surface area contributed by atoms with Crippen LogP contribution in [0.2, 0.25) is 0 Å². The third-order valence-corrected chi connectivity index (χ3v) is 4.83. The summed E-state index contributed by atoms with van der Waals surface area (Å²) in [7, 11) is 0. The van der Waals surface area contributed by atoms with Crippen molar-refractivity contribution in [3.8, 4) is 10.6 Å². The molecule has 0 spiro atoms. The first kappa shape index (κ1) is 14.5. The van der Waals surface area contributed by atoms with Gasteiger partial charge >= 0.3 is 0 Å². The van der Waals surface area contributed by atoms with Crippen molar-refractivity contribution in [1.29, 1.82) is 0 Å². The molecule has 1 aromatic heterocycles. The number of benzene rings is 1. The highest BCUT2D eigenvalue weighted by molar-refractivity contribution is 7.15. The molecule has 0 fully saturated rings. The Hall–Kier alpha value is -1.40. The van der Waals surface area contributed by atoms with Gasteiger partial charge in [0.25, 0.3) is 0 Å². The minimum absolute atomic E-state index is 0.0311. The number of fused-ring (bicyclic) bond motifs is 1. The first-order valence-electron chi connectivity index (χ1n) is 6.98. The molecule has 3 rings (SSSR count). The monoisotopic (exact) mass is 312 g/mol. The van der Waals surface area contributed by atoms with Gasteiger partial charge in [0.2, 0.25) is 0 Å². The van der Waals surface area contributed by atoms with Gasteiger partial charge in [-0.3, -0.25) is 0 Å². The van der Waals surface area contributed by atoms with E-state index in [0.717, 1.165) is 42.4 Å². The topological polar surface area (TPSA) is 24.9 Å². The summed E-state index contributed by atoms with van der Waals surface area (Å²) < 4.78 is 40.3. The Kier molecular flexibility index (Phi) is 3.99. The van der Waals surface area contributed by atoms with E-state index in [0.29, 0.717) is 5.01 Å². The molecule has 0 saturated carbocycles. The van der Waals surface area contributed by atoms with Gasteiger partial charge in [-0.05, 0) is 37.9 Å². The number of nitrogens with one attached hydrogen (secondary N) is 1. The molecule has 1 N–H and O–H groups in total. The lowest BCUT2D eigenvalue weighted by molar-refractivity contribution is 0.448. The smallest absolute Gasteiger partial charge is 0.195 e. The van der Waals surface area contributed by atoms with Crippen LogP contribution in [0.1, 0.15) is 36.4 Å². The third kappa shape index (κ3) is 2.58. The second-order valence-electron chi connectivity index (χ2n) is 5.05. The van der Waals surface area contributed by atoms with Gasteiger partial charge in [-0.25, -0.2) is 18.2 Å². The van der Waals surface area contributed by atoms with Crippen molar-refractivity contribution in [1.82, 2.24) is 10.3 Å². The van der Waals surface area contributed by atoms with Gasteiger partial charge in [0.05, 0.1) is 11.7 Å². The van der Waals surface area contributed by atoms with E-state index >= 15 is 0 Å². The van der Waals surface area contributed by atoms with E-state index in [9.17, 15) is 13.2 Å². The van der Waals surface area contributed by atoms with Gasteiger partial charge in [-0.1, -0.05) is 6.92 Å². The van der Waals surface area contributed by atoms with Crippen molar-refractivity contribution in [3.05, 3.63) is 40.2 Å². The SMILES string of the molecule is CCNC1CCCc2sc(-c3ccc(F)c(F)c3F)nc21. The van der Waals surface area contributed by atoms with E-state index < -0.39 is 17.5 Å². The predicted molar refractivity (Wildman–Crippen MR) is 76.8 cm³/mol. The van der Waals surface area contributed by atoms with Crippen molar-refractivity contribution in [2.24, 2.45) is 0 Å². The lowest BCUT2D eigenvalue weighted by atomic mass is 9.97. The average molecular weight is 312 g/mol. The summed E-state index contributed by atoms with van der Waals surface area (Å²) in [5, 5.41) is 3.77. The quantitative estimate of drug-likeness (QED) is 0.859. The fourth-order valence-corrected chi connectivity index (χ4v) is 3.85. The molecular weight excluding hydrogens is 297 g/mol. The lowest BCUT2D eigenvalue weighted by Crippen LogP contribution is -2.24. The summed E-state index contributed by atoms with van der Waals surface area (Å²) in [6.07, 6.45) is 2.94. The second-order valence-corrected chi connectivity index (χ2v) is 6.14. The lowest BCUT2D eigenvalue weighted by Gasteiger charge is -2.21. The molecule has 2 nitrogen and oxygen atoms in total. The molecule has 1 aliphatic rings. The zero-order valence-electron chi connectivity index (χ0n) is 11.5. The molecule has 1 aliphatic carbocycles. The molecule has 0 bridgehead atoms. The summed E-state index contributed by atoms with van der Waals surface area (Å²) in [6, 6.07) is 2.35. The molecular formula is C15H15F3N2S. The van der Waals surface area contributed by atoms with Crippen molar-refractivity contribution in [2.75, 3.05) is 6.54 Å². The Morgan fingerprint density at radius 1 is 1.29 bits per heavy atom. The number of halogens is 3. The molecule has 0 amide bonds. The van der Waals surface area contributed by atoms with E-state index in [4.69, 9.17) is 0 Å². The van der Waals surface area contributed by atoms with Crippen LogP contribution in [-0.4, -0.2) is 11.5 Å². The molecule has 112 valence electrons. The van der Waals surface area contributed by atoms with Crippen LogP contribution >= 0.6 is 11.3 Å². The highest BCUT2D eigenvalue weighted by atomic mass is 32.1. The normalized spacial score (nSPS) is 17.8. The molecule has 6 heteroatoms. The van der Waals surface area contributed by atoms with Crippen LogP contribution in [0.15, 0.2) is 12.1 Å². The molecule has 0 aliphatic heterocycles. The van der Waals surface area contributed by atoms with E-state index in [2.05, 4.69) is 10.3 Å².